The van der Waals surface area contributed by atoms with Crippen molar-refractivity contribution in [2.45, 2.75) is 39.0 Å². The largest absolute Gasteiger partial charge is 0.308 e. The van der Waals surface area contributed by atoms with Crippen LogP contribution in [0.25, 0.3) is 5.57 Å². The number of rotatable bonds is 7. The van der Waals surface area contributed by atoms with E-state index in [4.69, 9.17) is 12.2 Å². The van der Waals surface area contributed by atoms with E-state index < -0.39 is 0 Å². The third-order valence-electron chi connectivity index (χ3n) is 5.42. The molecule has 2 aromatic rings. The molecule has 0 unspecified atom stereocenters. The van der Waals surface area contributed by atoms with E-state index in [0.29, 0.717) is 21.3 Å². The molecule has 0 spiro atoms. The maximum Gasteiger partial charge on any atom is 0.271 e. The highest BCUT2D eigenvalue weighted by molar-refractivity contribution is 8.27. The van der Waals surface area contributed by atoms with Crippen LogP contribution in [0, 0.1) is 0 Å². The first-order valence-electron chi connectivity index (χ1n) is 10.4. The minimum absolute atomic E-state index is 0.0970. The van der Waals surface area contributed by atoms with Crippen molar-refractivity contribution in [2.75, 3.05) is 16.3 Å². The van der Waals surface area contributed by atoms with Crippen molar-refractivity contribution in [1.82, 2.24) is 0 Å². The highest BCUT2D eigenvalue weighted by Gasteiger charge is 2.42. The van der Waals surface area contributed by atoms with Crippen molar-refractivity contribution in [1.29, 1.82) is 0 Å². The predicted octanol–water partition coefficient (Wildman–Crippen LogP) is 5.78. The maximum atomic E-state index is 13.4. The Balaban J connectivity index is 1.65. The van der Waals surface area contributed by atoms with Gasteiger partial charge in [-0.1, -0.05) is 93.0 Å². The van der Waals surface area contributed by atoms with Gasteiger partial charge in [-0.2, -0.15) is 0 Å². The number of para-hydroxylation sites is 2. The molecule has 4 rings (SSSR count). The van der Waals surface area contributed by atoms with Crippen LogP contribution in [0.3, 0.4) is 0 Å². The van der Waals surface area contributed by atoms with Gasteiger partial charge in [-0.05, 0) is 24.6 Å². The SMILES string of the molecule is CCCCCCCN1C(=O)/C(=C2\SC(=S)N(c3ccccc3)C2=O)c2ccccc21. The number of hydrogen-bond donors (Lipinski definition) is 0. The molecule has 2 aliphatic rings. The lowest BCUT2D eigenvalue weighted by molar-refractivity contribution is -0.115. The molecule has 2 amide bonds. The van der Waals surface area contributed by atoms with Crippen LogP contribution in [0.4, 0.5) is 11.4 Å². The predicted molar refractivity (Wildman–Crippen MR) is 129 cm³/mol. The molecule has 0 aromatic heterocycles. The monoisotopic (exact) mass is 436 g/mol. The molecule has 6 heteroatoms. The molecule has 0 saturated carbocycles. The molecule has 2 heterocycles. The Bertz CT molecular complexity index is 1020. The van der Waals surface area contributed by atoms with Crippen molar-refractivity contribution in [2.24, 2.45) is 0 Å². The van der Waals surface area contributed by atoms with Crippen LogP contribution in [0.5, 0.6) is 0 Å². The number of anilines is 2. The number of thioether (sulfide) groups is 1. The van der Waals surface area contributed by atoms with Crippen LogP contribution < -0.4 is 9.80 Å². The quantitative estimate of drug-likeness (QED) is 0.313. The van der Waals surface area contributed by atoms with Gasteiger partial charge in [-0.25, -0.2) is 0 Å². The molecule has 2 aromatic carbocycles. The molecule has 4 nitrogen and oxygen atoms in total. The number of unbranched alkanes of at least 4 members (excludes halogenated alkanes) is 4. The molecule has 0 radical (unpaired) electrons. The number of thiocarbonyl (C=S) groups is 1. The number of hydrogen-bond acceptors (Lipinski definition) is 4. The molecule has 0 N–H and O–H groups in total. The van der Waals surface area contributed by atoms with E-state index >= 15 is 0 Å². The lowest BCUT2D eigenvalue weighted by Gasteiger charge is -2.17. The second kappa shape index (κ2) is 9.14. The van der Waals surface area contributed by atoms with Crippen molar-refractivity contribution < 1.29 is 9.59 Å². The number of benzene rings is 2. The number of carbonyl (C=O) groups excluding carboxylic acids is 2. The molecule has 0 atom stereocenters. The Kier molecular flexibility index (Phi) is 6.35. The minimum Gasteiger partial charge on any atom is -0.308 e. The third kappa shape index (κ3) is 3.82. The molecule has 1 fully saturated rings. The van der Waals surface area contributed by atoms with Gasteiger partial charge in [-0.15, -0.1) is 0 Å². The summed E-state index contributed by atoms with van der Waals surface area (Å²) < 4.78 is 0.456. The average molecular weight is 437 g/mol. The summed E-state index contributed by atoms with van der Waals surface area (Å²) in [5.74, 6) is -0.320. The standard InChI is InChI=1S/C24H24N2O2S2/c1-2-3-4-5-11-16-25-19-15-10-9-14-18(19)20(22(25)27)21-23(28)26(24(29)30-21)17-12-7-6-8-13-17/h6-10,12-15H,2-5,11,16H2,1H3/b21-20-. The smallest absolute Gasteiger partial charge is 0.271 e. The van der Waals surface area contributed by atoms with Crippen LogP contribution in [0.1, 0.15) is 44.6 Å². The van der Waals surface area contributed by atoms with Gasteiger partial charge in [0.25, 0.3) is 11.8 Å². The average Bonchev–Trinajstić information content (AvgIpc) is 3.20. The summed E-state index contributed by atoms with van der Waals surface area (Å²) in [6.07, 6.45) is 5.66. The first-order valence-corrected chi connectivity index (χ1v) is 11.6. The minimum atomic E-state index is -0.223. The Hall–Kier alpha value is -2.44. The fourth-order valence-corrected chi connectivity index (χ4v) is 5.28. The second-order valence-corrected chi connectivity index (χ2v) is 9.08. The first kappa shape index (κ1) is 20.8. The molecule has 2 aliphatic heterocycles. The normalized spacial score (nSPS) is 18.5. The fraction of sp³-hybridized carbons (Fsp3) is 0.292. The number of amides is 2. The van der Waals surface area contributed by atoms with Gasteiger partial charge < -0.3 is 4.90 Å². The highest BCUT2D eigenvalue weighted by Crippen LogP contribution is 2.45. The summed E-state index contributed by atoms with van der Waals surface area (Å²) in [6.45, 7) is 2.86. The van der Waals surface area contributed by atoms with Crippen LogP contribution >= 0.6 is 24.0 Å². The van der Waals surface area contributed by atoms with E-state index in [1.54, 1.807) is 0 Å². The first-order chi connectivity index (χ1) is 14.6. The number of fused-ring (bicyclic) bond motifs is 1. The molecule has 0 bridgehead atoms. The Morgan fingerprint density at radius 3 is 2.33 bits per heavy atom. The molecule has 30 heavy (non-hydrogen) atoms. The van der Waals surface area contributed by atoms with Gasteiger partial charge in [0.2, 0.25) is 0 Å². The van der Waals surface area contributed by atoms with E-state index in [1.165, 1.54) is 35.9 Å². The molecule has 0 aliphatic carbocycles. The lowest BCUT2D eigenvalue weighted by Crippen LogP contribution is -2.29. The van der Waals surface area contributed by atoms with E-state index in [2.05, 4.69) is 6.92 Å². The topological polar surface area (TPSA) is 40.6 Å². The molecule has 154 valence electrons. The summed E-state index contributed by atoms with van der Waals surface area (Å²) in [5, 5.41) is 0. The highest BCUT2D eigenvalue weighted by atomic mass is 32.2. The zero-order chi connectivity index (χ0) is 21.1. The van der Waals surface area contributed by atoms with Crippen molar-refractivity contribution in [3.8, 4) is 0 Å². The van der Waals surface area contributed by atoms with Gasteiger partial charge >= 0.3 is 0 Å². The zero-order valence-electron chi connectivity index (χ0n) is 17.0. The Labute approximate surface area is 186 Å². The maximum absolute atomic E-state index is 13.4. The van der Waals surface area contributed by atoms with E-state index in [-0.39, 0.29) is 11.8 Å². The van der Waals surface area contributed by atoms with Crippen molar-refractivity contribution in [3.05, 3.63) is 65.1 Å². The van der Waals surface area contributed by atoms with Gasteiger partial charge in [-0.3, -0.25) is 14.5 Å². The molecule has 1 saturated heterocycles. The third-order valence-corrected chi connectivity index (χ3v) is 6.79. The fourth-order valence-electron chi connectivity index (χ4n) is 3.91. The summed E-state index contributed by atoms with van der Waals surface area (Å²) in [5.41, 5.74) is 2.92. The Morgan fingerprint density at radius 1 is 0.867 bits per heavy atom. The van der Waals surface area contributed by atoms with Crippen LogP contribution in [-0.4, -0.2) is 22.7 Å². The van der Waals surface area contributed by atoms with Gasteiger partial charge in [0.1, 0.15) is 0 Å². The molecular weight excluding hydrogens is 412 g/mol. The van der Waals surface area contributed by atoms with Gasteiger partial charge in [0.15, 0.2) is 4.32 Å². The summed E-state index contributed by atoms with van der Waals surface area (Å²) >= 11 is 6.72. The second-order valence-electron chi connectivity index (χ2n) is 7.44. The van der Waals surface area contributed by atoms with Crippen LogP contribution in [0.2, 0.25) is 0 Å². The van der Waals surface area contributed by atoms with Crippen molar-refractivity contribution >= 4 is 57.1 Å². The van der Waals surface area contributed by atoms with E-state index in [9.17, 15) is 9.59 Å². The van der Waals surface area contributed by atoms with Crippen molar-refractivity contribution in [3.63, 3.8) is 0 Å². The number of carbonyl (C=O) groups is 2. The van der Waals surface area contributed by atoms with Gasteiger partial charge in [0, 0.05) is 12.1 Å². The van der Waals surface area contributed by atoms with Crippen LogP contribution in [0.15, 0.2) is 59.5 Å². The summed E-state index contributed by atoms with van der Waals surface area (Å²) in [4.78, 5) is 30.5. The summed E-state index contributed by atoms with van der Waals surface area (Å²) in [7, 11) is 0. The Morgan fingerprint density at radius 2 is 1.57 bits per heavy atom. The summed E-state index contributed by atoms with van der Waals surface area (Å²) in [6, 6.07) is 17.1. The van der Waals surface area contributed by atoms with Gasteiger partial charge in [0.05, 0.1) is 21.9 Å². The molecular formula is C24H24N2O2S2. The van der Waals surface area contributed by atoms with Crippen LogP contribution in [-0.2, 0) is 9.59 Å². The number of nitrogens with zero attached hydrogens (tertiary/aromatic N) is 2. The van der Waals surface area contributed by atoms with E-state index in [1.807, 2.05) is 59.5 Å². The lowest BCUT2D eigenvalue weighted by atomic mass is 10.1. The zero-order valence-corrected chi connectivity index (χ0v) is 18.6. The van der Waals surface area contributed by atoms with E-state index in [0.717, 1.165) is 29.8 Å².